The number of hydrogen-bond donors (Lipinski definition) is 2. The van der Waals surface area contributed by atoms with E-state index in [1.54, 1.807) is 20.1 Å². The number of guanidine groups is 1. The van der Waals surface area contributed by atoms with Gasteiger partial charge in [-0.3, -0.25) is 10.2 Å². The third-order valence-electron chi connectivity index (χ3n) is 6.20. The quantitative estimate of drug-likeness (QED) is 0.199. The summed E-state index contributed by atoms with van der Waals surface area (Å²) in [7, 11) is -0.458. The molecular weight excluding hydrogens is 553 g/mol. The van der Waals surface area contributed by atoms with E-state index in [-0.39, 0.29) is 17.5 Å². The molecule has 2 N–H and O–H groups in total. The van der Waals surface area contributed by atoms with Crippen LogP contribution in [0.15, 0.2) is 92.4 Å². The number of aryl methyl sites for hydroxylation is 1. The number of rotatable bonds is 5. The SMILES string of the molecule is CSC1=NNC(C)=C([O-])N1N/C(=N/n1c(SC)nnc(C)c1=O)[N+](C)=P(C)(c1ccccc1)c1ccccc1. The monoisotopic (exact) mass is 583 g/mol. The van der Waals surface area contributed by atoms with Crippen LogP contribution in [-0.2, 0) is 0 Å². The Hall–Kier alpha value is -3.54. The number of allylic oxidation sites excluding steroid dienone is 1. The number of aromatic nitrogens is 3. The second kappa shape index (κ2) is 12.1. The van der Waals surface area contributed by atoms with Crippen LogP contribution in [0.5, 0.6) is 0 Å². The van der Waals surface area contributed by atoms with Crippen LogP contribution in [0.1, 0.15) is 12.6 Å². The summed E-state index contributed by atoms with van der Waals surface area (Å²) in [6.45, 7) is 5.41. The third kappa shape index (κ3) is 5.61. The van der Waals surface area contributed by atoms with E-state index in [4.69, 9.17) is 5.10 Å². The lowest BCUT2D eigenvalue weighted by Gasteiger charge is -2.33. The maximum Gasteiger partial charge on any atom is 0.433 e. The van der Waals surface area contributed by atoms with Gasteiger partial charge in [0.05, 0.1) is 14.1 Å². The summed E-state index contributed by atoms with van der Waals surface area (Å²) in [6, 6.07) is 20.3. The largest absolute Gasteiger partial charge is 0.856 e. The van der Waals surface area contributed by atoms with Gasteiger partial charge in [0.15, 0.2) is 0 Å². The summed E-state index contributed by atoms with van der Waals surface area (Å²) in [6.07, 6.45) is 3.62. The third-order valence-corrected chi connectivity index (χ3v) is 11.5. The second-order valence-corrected chi connectivity index (χ2v) is 13.7. The van der Waals surface area contributed by atoms with Crippen LogP contribution in [0.25, 0.3) is 0 Å². The van der Waals surface area contributed by atoms with E-state index in [1.165, 1.54) is 33.2 Å². The van der Waals surface area contributed by atoms with Gasteiger partial charge >= 0.3 is 11.5 Å². The lowest BCUT2D eigenvalue weighted by Crippen LogP contribution is -2.53. The smallest absolute Gasteiger partial charge is 0.433 e. The molecule has 0 spiro atoms. The average Bonchev–Trinajstić information content (AvgIpc) is 2.97. The molecule has 0 atom stereocenters. The van der Waals surface area contributed by atoms with Gasteiger partial charge in [0.25, 0.3) is 0 Å². The minimum absolute atomic E-state index is 0.205. The number of thioether (sulfide) groups is 2. The fourth-order valence-electron chi connectivity index (χ4n) is 3.85. The highest BCUT2D eigenvalue weighted by molar-refractivity contribution is 8.13. The van der Waals surface area contributed by atoms with Gasteiger partial charge in [0, 0.05) is 27.3 Å². The molecule has 3 aromatic rings. The molecule has 0 fully saturated rings. The van der Waals surface area contributed by atoms with Gasteiger partial charge in [0.1, 0.15) is 5.69 Å². The fourth-order valence-corrected chi connectivity index (χ4v) is 7.68. The number of hydrazone groups is 1. The molecule has 4 rings (SSSR count). The highest BCUT2D eigenvalue weighted by Gasteiger charge is 2.31. The molecule has 0 aliphatic carbocycles. The molecule has 0 unspecified atom stereocenters. The molecule has 2 aromatic carbocycles. The lowest BCUT2D eigenvalue weighted by molar-refractivity contribution is -0.362. The lowest BCUT2D eigenvalue weighted by atomic mass is 10.4. The van der Waals surface area contributed by atoms with E-state index in [9.17, 15) is 9.90 Å². The molecule has 1 aromatic heterocycles. The van der Waals surface area contributed by atoms with Crippen LogP contribution in [0.4, 0.5) is 0 Å². The fraction of sp³-hybridized carbons (Fsp3) is 0.240. The van der Waals surface area contributed by atoms with E-state index in [0.29, 0.717) is 16.0 Å². The van der Waals surface area contributed by atoms with Gasteiger partial charge in [-0.1, -0.05) is 84.2 Å². The Balaban J connectivity index is 2.07. The first-order chi connectivity index (χ1) is 18.7. The topological polar surface area (TPSA) is 126 Å². The summed E-state index contributed by atoms with van der Waals surface area (Å²) < 4.78 is 3.22. The van der Waals surface area contributed by atoms with Crippen LogP contribution < -0.4 is 32.1 Å². The van der Waals surface area contributed by atoms with Crippen molar-refractivity contribution in [3.63, 3.8) is 0 Å². The number of nitrogens with zero attached hydrogens (tertiary/aromatic N) is 7. The van der Waals surface area contributed by atoms with Crippen LogP contribution in [0.3, 0.4) is 0 Å². The van der Waals surface area contributed by atoms with E-state index in [1.807, 2.05) is 54.0 Å². The summed E-state index contributed by atoms with van der Waals surface area (Å²) >= 11 is 2.54. The van der Waals surface area contributed by atoms with Gasteiger partial charge in [-0.2, -0.15) is 10.4 Å². The summed E-state index contributed by atoms with van der Waals surface area (Å²) in [4.78, 5) is 13.2. The maximum atomic E-state index is 13.2. The van der Waals surface area contributed by atoms with Crippen molar-refractivity contribution in [3.8, 4) is 0 Å². The minimum Gasteiger partial charge on any atom is -0.856 e. The van der Waals surface area contributed by atoms with Crippen LogP contribution in [0.2, 0.25) is 0 Å². The summed E-state index contributed by atoms with van der Waals surface area (Å²) in [5.74, 6) is -0.0653. The predicted molar refractivity (Wildman–Crippen MR) is 159 cm³/mol. The standard InChI is InChI=1S/C25H30N9O2PS2/c1-17-21(35)33(24(38-5)28-26-17)30-23(31-34-22(36)18(2)27-29-25(34)39-6)32(3)37(4,19-13-9-7-10-14-19)20-15-11-8-12-16-20/h7-16H,1-6H3,(H2-,26,27,30,31,35,36). The van der Waals surface area contributed by atoms with Gasteiger partial charge in [-0.25, -0.2) is 4.33 Å². The van der Waals surface area contributed by atoms with E-state index in [2.05, 4.69) is 57.1 Å². The molecule has 204 valence electrons. The Kier molecular flexibility index (Phi) is 8.83. The second-order valence-electron chi connectivity index (χ2n) is 8.55. The molecule has 0 saturated heterocycles. The van der Waals surface area contributed by atoms with Crippen LogP contribution in [-0.4, -0.2) is 61.6 Å². The molecule has 0 saturated carbocycles. The van der Waals surface area contributed by atoms with Crippen LogP contribution >= 0.6 is 30.6 Å². The Morgan fingerprint density at radius 2 is 1.62 bits per heavy atom. The number of amidine groups is 1. The number of hydrazine groups is 1. The molecule has 0 radical (unpaired) electrons. The minimum atomic E-state index is -2.36. The first kappa shape index (κ1) is 28.5. The van der Waals surface area contributed by atoms with Crippen molar-refractivity contribution < 1.29 is 9.43 Å². The Morgan fingerprint density at radius 3 is 2.15 bits per heavy atom. The number of hydrogen-bond acceptors (Lipinski definition) is 10. The van der Waals surface area contributed by atoms with Crippen molar-refractivity contribution in [1.82, 2.24) is 30.7 Å². The molecule has 0 bridgehead atoms. The first-order valence-corrected chi connectivity index (χ1v) is 16.5. The highest BCUT2D eigenvalue weighted by Crippen LogP contribution is 2.42. The van der Waals surface area contributed by atoms with Crippen LogP contribution in [0, 0.1) is 6.92 Å². The molecule has 39 heavy (non-hydrogen) atoms. The molecule has 1 aliphatic heterocycles. The van der Waals surface area contributed by atoms with E-state index >= 15 is 0 Å². The van der Waals surface area contributed by atoms with Crippen molar-refractivity contribution in [2.24, 2.45) is 10.2 Å². The normalized spacial score (nSPS) is 14.2. The van der Waals surface area contributed by atoms with Crippen molar-refractivity contribution in [3.05, 3.63) is 88.3 Å². The predicted octanol–water partition coefficient (Wildman–Crippen LogP) is 1.51. The zero-order chi connectivity index (χ0) is 28.2. The van der Waals surface area contributed by atoms with Gasteiger partial charge < -0.3 is 5.11 Å². The Bertz CT molecular complexity index is 1530. The first-order valence-electron chi connectivity index (χ1n) is 11.9. The molecule has 1 aliphatic rings. The van der Waals surface area contributed by atoms with E-state index < -0.39 is 12.6 Å². The van der Waals surface area contributed by atoms with Crippen molar-refractivity contribution in [2.45, 2.75) is 19.0 Å². The van der Waals surface area contributed by atoms with Gasteiger partial charge in [0.2, 0.25) is 10.3 Å². The molecule has 14 heteroatoms. The molecule has 2 heterocycles. The van der Waals surface area contributed by atoms with Crippen molar-refractivity contribution >= 4 is 52.3 Å². The zero-order valence-electron chi connectivity index (χ0n) is 22.5. The van der Waals surface area contributed by atoms with Gasteiger partial charge in [-0.05, 0) is 33.0 Å². The average molecular weight is 584 g/mol. The summed E-state index contributed by atoms with van der Waals surface area (Å²) in [5, 5.41) is 34.7. The Morgan fingerprint density at radius 1 is 1.03 bits per heavy atom. The van der Waals surface area contributed by atoms with Crippen molar-refractivity contribution in [2.75, 3.05) is 26.2 Å². The zero-order valence-corrected chi connectivity index (χ0v) is 25.0. The molecule has 11 nitrogen and oxygen atoms in total. The maximum absolute atomic E-state index is 13.2. The van der Waals surface area contributed by atoms with E-state index in [0.717, 1.165) is 10.6 Å². The van der Waals surface area contributed by atoms with Crippen molar-refractivity contribution in [1.29, 1.82) is 0 Å². The number of benzene rings is 2. The highest BCUT2D eigenvalue weighted by atomic mass is 32.2. The summed E-state index contributed by atoms with van der Waals surface area (Å²) in [5.41, 5.74) is 6.09. The number of nitrogens with one attached hydrogen (secondary N) is 2. The molecular formula is C25H30N9O2PS2. The molecule has 0 amide bonds. The van der Waals surface area contributed by atoms with Gasteiger partial charge in [-0.15, -0.1) is 20.0 Å². The Labute approximate surface area is 235 Å².